The Bertz CT molecular complexity index is 806. The molecule has 0 nitrogen and oxygen atoms in total. The minimum absolute atomic E-state index is 0.0741. The predicted octanol–water partition coefficient (Wildman–Crippen LogP) is 8.05. The van der Waals surface area contributed by atoms with Crippen molar-refractivity contribution in [2.45, 2.75) is 38.6 Å². The number of aryl methyl sites for hydroxylation is 2. The van der Waals surface area contributed by atoms with Crippen molar-refractivity contribution in [3.63, 3.8) is 0 Å². The van der Waals surface area contributed by atoms with Crippen LogP contribution in [0.15, 0.2) is 24.3 Å². The van der Waals surface area contributed by atoms with Crippen LogP contribution in [0.25, 0.3) is 11.1 Å². The predicted molar refractivity (Wildman–Crippen MR) is 81.4 cm³/mol. The van der Waals surface area contributed by atoms with Gasteiger partial charge in [-0.05, 0) is 49.2 Å². The zero-order chi connectivity index (χ0) is 23.4. The van der Waals surface area contributed by atoms with E-state index in [0.29, 0.717) is 0 Å². The molecular weight excluding hydrogens is 444 g/mol. The van der Waals surface area contributed by atoms with Gasteiger partial charge < -0.3 is 0 Å². The number of alkyl halides is 12. The van der Waals surface area contributed by atoms with Gasteiger partial charge in [0.2, 0.25) is 0 Å². The molecule has 0 aromatic heterocycles. The van der Waals surface area contributed by atoms with Crippen LogP contribution in [0, 0.1) is 13.8 Å². The minimum Gasteiger partial charge on any atom is -0.166 e. The van der Waals surface area contributed by atoms with Crippen molar-refractivity contribution in [2.24, 2.45) is 0 Å². The second kappa shape index (κ2) is 7.09. The summed E-state index contributed by atoms with van der Waals surface area (Å²) in [5.74, 6) is 0. The summed E-state index contributed by atoms with van der Waals surface area (Å²) < 4.78 is 162. The Balaban J connectivity index is 3.26. The molecule has 2 rings (SSSR count). The quantitative estimate of drug-likeness (QED) is 0.383. The maximum absolute atomic E-state index is 13.5. The monoisotopic (exact) mass is 454 g/mol. The van der Waals surface area contributed by atoms with Gasteiger partial charge in [0.1, 0.15) is 0 Å². The number of halogens is 12. The third-order valence-electron chi connectivity index (χ3n) is 4.04. The molecule has 0 unspecified atom stereocenters. The first-order chi connectivity index (χ1) is 13.2. The summed E-state index contributed by atoms with van der Waals surface area (Å²) >= 11 is 0. The van der Waals surface area contributed by atoms with E-state index in [-0.39, 0.29) is 24.3 Å². The van der Waals surface area contributed by atoms with Crippen LogP contribution in [-0.4, -0.2) is 0 Å². The Kier molecular flexibility index (Phi) is 5.64. The summed E-state index contributed by atoms with van der Waals surface area (Å²) in [7, 11) is 0. The SMILES string of the molecule is Cc1cc(C(F)(F)F)c(-c2c(C(F)(F)F)cc(C)cc2C(F)(F)F)c(C(F)(F)F)c1. The summed E-state index contributed by atoms with van der Waals surface area (Å²) in [4.78, 5) is 0. The Labute approximate surface area is 161 Å². The van der Waals surface area contributed by atoms with Crippen molar-refractivity contribution in [1.82, 2.24) is 0 Å². The highest BCUT2D eigenvalue weighted by atomic mass is 19.4. The maximum Gasteiger partial charge on any atom is 0.417 e. The van der Waals surface area contributed by atoms with Gasteiger partial charge in [-0.1, -0.05) is 0 Å². The van der Waals surface area contributed by atoms with Crippen LogP contribution in [0.2, 0.25) is 0 Å². The largest absolute Gasteiger partial charge is 0.417 e. The van der Waals surface area contributed by atoms with Crippen LogP contribution >= 0.6 is 0 Å². The number of rotatable bonds is 1. The van der Waals surface area contributed by atoms with Gasteiger partial charge in [0.25, 0.3) is 0 Å². The van der Waals surface area contributed by atoms with Gasteiger partial charge in [-0.2, -0.15) is 52.7 Å². The lowest BCUT2D eigenvalue weighted by Crippen LogP contribution is -2.20. The Morgan fingerprint density at radius 2 is 0.567 bits per heavy atom. The lowest BCUT2D eigenvalue weighted by molar-refractivity contribution is -0.146. The smallest absolute Gasteiger partial charge is 0.166 e. The third-order valence-corrected chi connectivity index (χ3v) is 4.04. The number of benzene rings is 2. The van der Waals surface area contributed by atoms with E-state index in [1.165, 1.54) is 0 Å². The van der Waals surface area contributed by atoms with Crippen LogP contribution in [-0.2, 0) is 24.7 Å². The van der Waals surface area contributed by atoms with E-state index in [0.717, 1.165) is 13.8 Å². The van der Waals surface area contributed by atoms with Gasteiger partial charge in [-0.25, -0.2) is 0 Å². The molecule has 30 heavy (non-hydrogen) atoms. The van der Waals surface area contributed by atoms with E-state index in [4.69, 9.17) is 0 Å². The van der Waals surface area contributed by atoms with E-state index < -0.39 is 69.2 Å². The van der Waals surface area contributed by atoms with Crippen LogP contribution < -0.4 is 0 Å². The lowest BCUT2D eigenvalue weighted by Gasteiger charge is -2.26. The average molecular weight is 454 g/mol. The van der Waals surface area contributed by atoms with Gasteiger partial charge >= 0.3 is 24.7 Å². The molecule has 0 aliphatic carbocycles. The lowest BCUT2D eigenvalue weighted by atomic mass is 9.85. The summed E-state index contributed by atoms with van der Waals surface area (Å²) in [5.41, 5.74) is -14.8. The molecular formula is C18H10F12. The standard InChI is InChI=1S/C18H10F12/c1-7-3-9(15(19,20)21)13(10(4-7)16(22,23)24)14-11(17(25,26)27)5-8(2)6-12(14)18(28,29)30/h3-6H,1-2H3. The van der Waals surface area contributed by atoms with Gasteiger partial charge in [0.05, 0.1) is 22.3 Å². The third kappa shape index (κ3) is 4.67. The summed E-state index contributed by atoms with van der Waals surface area (Å²) in [5, 5.41) is 0. The topological polar surface area (TPSA) is 0 Å². The molecule has 0 fully saturated rings. The molecule has 0 aliphatic heterocycles. The van der Waals surface area contributed by atoms with E-state index in [1.54, 1.807) is 0 Å². The highest BCUT2D eigenvalue weighted by Crippen LogP contribution is 2.52. The first kappa shape index (κ1) is 23.9. The highest BCUT2D eigenvalue weighted by molar-refractivity contribution is 5.80. The van der Waals surface area contributed by atoms with E-state index in [2.05, 4.69) is 0 Å². The average Bonchev–Trinajstić information content (AvgIpc) is 2.50. The number of hydrogen-bond acceptors (Lipinski definition) is 0. The van der Waals surface area contributed by atoms with Gasteiger partial charge in [-0.3, -0.25) is 0 Å². The minimum atomic E-state index is -5.67. The highest BCUT2D eigenvalue weighted by Gasteiger charge is 2.48. The Morgan fingerprint density at radius 1 is 0.400 bits per heavy atom. The van der Waals surface area contributed by atoms with Gasteiger partial charge in [-0.15, -0.1) is 0 Å². The second-order valence-corrected chi connectivity index (χ2v) is 6.46. The van der Waals surface area contributed by atoms with E-state index in [9.17, 15) is 52.7 Å². The molecule has 166 valence electrons. The summed E-state index contributed by atoms with van der Waals surface area (Å²) in [6.07, 6.45) is -22.7. The first-order valence-corrected chi connectivity index (χ1v) is 7.83. The van der Waals surface area contributed by atoms with Crippen molar-refractivity contribution >= 4 is 0 Å². The molecule has 2 aromatic carbocycles. The maximum atomic E-state index is 13.5. The zero-order valence-corrected chi connectivity index (χ0v) is 14.8. The zero-order valence-electron chi connectivity index (χ0n) is 14.8. The first-order valence-electron chi connectivity index (χ1n) is 7.83. The molecule has 0 heterocycles. The molecule has 0 bridgehead atoms. The molecule has 0 saturated carbocycles. The van der Waals surface area contributed by atoms with Crippen molar-refractivity contribution in [2.75, 3.05) is 0 Å². The molecule has 0 N–H and O–H groups in total. The molecule has 12 heteroatoms. The molecule has 0 spiro atoms. The van der Waals surface area contributed by atoms with Gasteiger partial charge in [0, 0.05) is 11.1 Å². The normalized spacial score (nSPS) is 13.7. The van der Waals surface area contributed by atoms with Crippen molar-refractivity contribution in [3.05, 3.63) is 57.6 Å². The Morgan fingerprint density at radius 3 is 0.700 bits per heavy atom. The van der Waals surface area contributed by atoms with Crippen LogP contribution in [0.4, 0.5) is 52.7 Å². The fourth-order valence-corrected chi connectivity index (χ4v) is 3.01. The van der Waals surface area contributed by atoms with Gasteiger partial charge in [0.15, 0.2) is 0 Å². The molecule has 0 saturated heterocycles. The van der Waals surface area contributed by atoms with Crippen LogP contribution in [0.3, 0.4) is 0 Å². The van der Waals surface area contributed by atoms with Crippen molar-refractivity contribution in [1.29, 1.82) is 0 Å². The van der Waals surface area contributed by atoms with Crippen LogP contribution in [0.5, 0.6) is 0 Å². The van der Waals surface area contributed by atoms with Crippen molar-refractivity contribution < 1.29 is 52.7 Å². The Hall–Kier alpha value is -2.40. The molecule has 0 atom stereocenters. The fourth-order valence-electron chi connectivity index (χ4n) is 3.01. The van der Waals surface area contributed by atoms with E-state index >= 15 is 0 Å². The summed E-state index contributed by atoms with van der Waals surface area (Å²) in [6.45, 7) is 1.61. The summed E-state index contributed by atoms with van der Waals surface area (Å²) in [6, 6.07) is 0.297. The van der Waals surface area contributed by atoms with Crippen molar-refractivity contribution in [3.8, 4) is 11.1 Å². The second-order valence-electron chi connectivity index (χ2n) is 6.46. The fraction of sp³-hybridized carbons (Fsp3) is 0.333. The molecule has 0 amide bonds. The number of hydrogen-bond donors (Lipinski definition) is 0. The molecule has 2 aromatic rings. The molecule has 0 aliphatic rings. The van der Waals surface area contributed by atoms with E-state index in [1.807, 2.05) is 0 Å². The molecule has 0 radical (unpaired) electrons. The van der Waals surface area contributed by atoms with Crippen LogP contribution in [0.1, 0.15) is 33.4 Å².